The molecule has 0 amide bonds. The number of aromatic nitrogens is 3. The topological polar surface area (TPSA) is 122 Å². The van der Waals surface area contributed by atoms with Crippen molar-refractivity contribution in [2.75, 3.05) is 6.61 Å². The van der Waals surface area contributed by atoms with Crippen LogP contribution in [-0.2, 0) is 20.9 Å². The quantitative estimate of drug-likeness (QED) is 0.495. The molecule has 0 saturated carbocycles. The van der Waals surface area contributed by atoms with Crippen molar-refractivity contribution in [2.45, 2.75) is 38.4 Å². The fraction of sp³-hybridized carbons (Fsp3) is 0.304. The van der Waals surface area contributed by atoms with Gasteiger partial charge in [-0.2, -0.15) is 9.37 Å². The number of esters is 1. The number of ether oxygens (including phenoxy) is 4. The number of H-pyrrole nitrogens is 1. The molecule has 1 saturated heterocycles. The molecule has 1 aliphatic rings. The second-order valence-electron chi connectivity index (χ2n) is 7.56. The van der Waals surface area contributed by atoms with Gasteiger partial charge in [0.15, 0.2) is 0 Å². The standard InChI is InChI=1S/C23H22FN3O7/c1-14(28)31-13-18-17(10-21(34-18)27-11-16(24)22(29)26-23(27)30)33-20-9-5-8-19(25-20)32-12-15-6-3-2-4-7-15/h2-9,11,17-18,21H,10,12-13H2,1H3,(H,26,29,30)/t17-,18+,21+/m0/s1. The van der Waals surface area contributed by atoms with E-state index >= 15 is 0 Å². The van der Waals surface area contributed by atoms with E-state index in [0.29, 0.717) is 12.5 Å². The number of nitrogens with zero attached hydrogens (tertiary/aromatic N) is 2. The van der Waals surface area contributed by atoms with E-state index in [1.807, 2.05) is 35.3 Å². The number of benzene rings is 1. The van der Waals surface area contributed by atoms with Crippen LogP contribution in [-0.4, -0.2) is 39.3 Å². The van der Waals surface area contributed by atoms with E-state index in [0.717, 1.165) is 16.3 Å². The number of hydrogen-bond donors (Lipinski definition) is 1. The highest BCUT2D eigenvalue weighted by molar-refractivity contribution is 5.65. The van der Waals surface area contributed by atoms with E-state index < -0.39 is 41.5 Å². The first kappa shape index (κ1) is 23.2. The minimum atomic E-state index is -1.13. The maximum absolute atomic E-state index is 13.8. The maximum atomic E-state index is 13.8. The Hall–Kier alpha value is -3.99. The van der Waals surface area contributed by atoms with Crippen molar-refractivity contribution in [2.24, 2.45) is 0 Å². The Morgan fingerprint density at radius 1 is 1.18 bits per heavy atom. The normalized spacial score (nSPS) is 19.5. The van der Waals surface area contributed by atoms with E-state index in [9.17, 15) is 18.8 Å². The molecule has 3 heterocycles. The van der Waals surface area contributed by atoms with Gasteiger partial charge in [-0.25, -0.2) is 4.79 Å². The third-order valence-electron chi connectivity index (χ3n) is 5.07. The molecule has 3 atom stereocenters. The molecule has 1 N–H and O–H groups in total. The summed E-state index contributed by atoms with van der Waals surface area (Å²) in [5.74, 6) is -1.08. The Labute approximate surface area is 192 Å². The van der Waals surface area contributed by atoms with Crippen molar-refractivity contribution < 1.29 is 28.1 Å². The molecule has 0 aliphatic carbocycles. The summed E-state index contributed by atoms with van der Waals surface area (Å²) in [5.41, 5.74) is -0.986. The largest absolute Gasteiger partial charge is 0.473 e. The van der Waals surface area contributed by atoms with Gasteiger partial charge in [-0.3, -0.25) is 19.1 Å². The number of nitrogens with one attached hydrogen (secondary N) is 1. The second kappa shape index (κ2) is 10.3. The van der Waals surface area contributed by atoms with Crippen LogP contribution < -0.4 is 20.7 Å². The number of carbonyl (C=O) groups is 1. The van der Waals surface area contributed by atoms with E-state index in [1.54, 1.807) is 18.2 Å². The first-order chi connectivity index (χ1) is 16.4. The first-order valence-electron chi connectivity index (χ1n) is 10.5. The first-order valence-corrected chi connectivity index (χ1v) is 10.5. The van der Waals surface area contributed by atoms with Crippen LogP contribution >= 0.6 is 0 Å². The van der Waals surface area contributed by atoms with Crippen molar-refractivity contribution in [3.05, 3.63) is 86.9 Å². The second-order valence-corrected chi connectivity index (χ2v) is 7.56. The molecular formula is C23H22FN3O7. The van der Waals surface area contributed by atoms with Crippen LogP contribution in [0.5, 0.6) is 11.8 Å². The third kappa shape index (κ3) is 5.67. The van der Waals surface area contributed by atoms with Crippen LogP contribution in [0, 0.1) is 5.82 Å². The average molecular weight is 471 g/mol. The molecule has 178 valence electrons. The lowest BCUT2D eigenvalue weighted by atomic mass is 10.2. The average Bonchev–Trinajstić information content (AvgIpc) is 3.22. The van der Waals surface area contributed by atoms with Crippen molar-refractivity contribution in [3.8, 4) is 11.8 Å². The molecule has 1 aliphatic heterocycles. The SMILES string of the molecule is CC(=O)OC[C@H]1O[C@@H](n2cc(F)c(=O)[nH]c2=O)C[C@@H]1Oc1cccc(OCc2ccccc2)n1. The van der Waals surface area contributed by atoms with Gasteiger partial charge in [0, 0.05) is 25.5 Å². The molecule has 0 bridgehead atoms. The summed E-state index contributed by atoms with van der Waals surface area (Å²) in [4.78, 5) is 41.0. The zero-order valence-electron chi connectivity index (χ0n) is 18.2. The van der Waals surface area contributed by atoms with Gasteiger partial charge in [-0.1, -0.05) is 36.4 Å². The predicted molar refractivity (Wildman–Crippen MR) is 116 cm³/mol. The number of aromatic amines is 1. The van der Waals surface area contributed by atoms with Crippen LogP contribution in [0.15, 0.2) is 64.3 Å². The summed E-state index contributed by atoms with van der Waals surface area (Å²) in [6.07, 6.45) is -1.54. The Kier molecular flexibility index (Phi) is 7.02. The fourth-order valence-corrected chi connectivity index (χ4v) is 3.45. The molecule has 1 fully saturated rings. The van der Waals surface area contributed by atoms with Crippen LogP contribution in [0.3, 0.4) is 0 Å². The highest BCUT2D eigenvalue weighted by atomic mass is 19.1. The molecular weight excluding hydrogens is 449 g/mol. The molecule has 3 aromatic rings. The van der Waals surface area contributed by atoms with Crippen molar-refractivity contribution in [3.63, 3.8) is 0 Å². The Morgan fingerprint density at radius 3 is 2.71 bits per heavy atom. The molecule has 11 heteroatoms. The van der Waals surface area contributed by atoms with Crippen LogP contribution in [0.1, 0.15) is 25.1 Å². The highest BCUT2D eigenvalue weighted by Gasteiger charge is 2.39. The molecule has 10 nitrogen and oxygen atoms in total. The van der Waals surface area contributed by atoms with Gasteiger partial charge < -0.3 is 18.9 Å². The predicted octanol–water partition coefficient (Wildman–Crippen LogP) is 1.95. The van der Waals surface area contributed by atoms with E-state index in [2.05, 4.69) is 4.98 Å². The Morgan fingerprint density at radius 2 is 1.94 bits per heavy atom. The molecule has 4 rings (SSSR count). The lowest BCUT2D eigenvalue weighted by molar-refractivity contribution is -0.147. The minimum Gasteiger partial charge on any atom is -0.473 e. The van der Waals surface area contributed by atoms with E-state index in [4.69, 9.17) is 18.9 Å². The molecule has 0 radical (unpaired) electrons. The fourth-order valence-electron chi connectivity index (χ4n) is 3.45. The number of rotatable bonds is 8. The van der Waals surface area contributed by atoms with E-state index in [-0.39, 0.29) is 18.9 Å². The zero-order chi connectivity index (χ0) is 24.1. The van der Waals surface area contributed by atoms with Gasteiger partial charge in [0.05, 0.1) is 6.20 Å². The Balaban J connectivity index is 1.49. The minimum absolute atomic E-state index is 0.105. The molecule has 34 heavy (non-hydrogen) atoms. The summed E-state index contributed by atoms with van der Waals surface area (Å²) in [6, 6.07) is 14.6. The van der Waals surface area contributed by atoms with Crippen LogP contribution in [0.2, 0.25) is 0 Å². The third-order valence-corrected chi connectivity index (χ3v) is 5.07. The van der Waals surface area contributed by atoms with Gasteiger partial charge in [0.1, 0.15) is 31.6 Å². The van der Waals surface area contributed by atoms with Gasteiger partial charge in [0.25, 0.3) is 5.56 Å². The zero-order valence-corrected chi connectivity index (χ0v) is 18.2. The van der Waals surface area contributed by atoms with E-state index in [1.165, 1.54) is 6.92 Å². The highest BCUT2D eigenvalue weighted by Crippen LogP contribution is 2.31. The van der Waals surface area contributed by atoms with Gasteiger partial charge >= 0.3 is 11.7 Å². The summed E-state index contributed by atoms with van der Waals surface area (Å²) < 4.78 is 37.2. The van der Waals surface area contributed by atoms with Gasteiger partial charge in [0.2, 0.25) is 17.6 Å². The summed E-state index contributed by atoms with van der Waals surface area (Å²) in [7, 11) is 0. The number of halogens is 1. The molecule has 0 unspecified atom stereocenters. The van der Waals surface area contributed by atoms with Crippen LogP contribution in [0.25, 0.3) is 0 Å². The number of carbonyl (C=O) groups excluding carboxylic acids is 1. The molecule has 2 aromatic heterocycles. The number of hydrogen-bond acceptors (Lipinski definition) is 8. The summed E-state index contributed by atoms with van der Waals surface area (Å²) in [6.45, 7) is 1.42. The van der Waals surface area contributed by atoms with Crippen molar-refractivity contribution >= 4 is 5.97 Å². The maximum Gasteiger partial charge on any atom is 0.330 e. The Bertz CT molecular complexity index is 1260. The van der Waals surface area contributed by atoms with Crippen molar-refractivity contribution in [1.82, 2.24) is 14.5 Å². The molecule has 1 aromatic carbocycles. The van der Waals surface area contributed by atoms with Crippen LogP contribution in [0.4, 0.5) is 4.39 Å². The summed E-state index contributed by atoms with van der Waals surface area (Å²) >= 11 is 0. The van der Waals surface area contributed by atoms with Gasteiger partial charge in [-0.05, 0) is 5.56 Å². The molecule has 0 spiro atoms. The smallest absolute Gasteiger partial charge is 0.330 e. The van der Waals surface area contributed by atoms with Crippen molar-refractivity contribution in [1.29, 1.82) is 0 Å². The van der Waals surface area contributed by atoms with Gasteiger partial charge in [-0.15, -0.1) is 0 Å². The lowest BCUT2D eigenvalue weighted by Gasteiger charge is -2.19. The monoisotopic (exact) mass is 471 g/mol. The lowest BCUT2D eigenvalue weighted by Crippen LogP contribution is -2.34. The summed E-state index contributed by atoms with van der Waals surface area (Å²) in [5, 5.41) is 0. The number of pyridine rings is 1.